The van der Waals surface area contributed by atoms with Crippen LogP contribution in [0.1, 0.15) is 30.1 Å². The molecule has 0 radical (unpaired) electrons. The minimum absolute atomic E-state index is 0.123. The summed E-state index contributed by atoms with van der Waals surface area (Å²) in [6.07, 6.45) is 1.41. The van der Waals surface area contributed by atoms with Gasteiger partial charge in [-0.2, -0.15) is 0 Å². The SMILES string of the molecule is CCCC(=O)OC.COC(=O)c1ccccc1. The Morgan fingerprint density at radius 1 is 1.06 bits per heavy atom. The first-order valence-electron chi connectivity index (χ1n) is 5.35. The molecule has 0 aromatic heterocycles. The average molecular weight is 238 g/mol. The maximum atomic E-state index is 10.8. The molecule has 94 valence electrons. The molecule has 17 heavy (non-hydrogen) atoms. The molecule has 0 amide bonds. The summed E-state index contributed by atoms with van der Waals surface area (Å²) in [5.41, 5.74) is 0.588. The summed E-state index contributed by atoms with van der Waals surface area (Å²) in [4.78, 5) is 21.0. The van der Waals surface area contributed by atoms with E-state index in [0.29, 0.717) is 12.0 Å². The van der Waals surface area contributed by atoms with Gasteiger partial charge in [0.05, 0.1) is 19.8 Å². The predicted molar refractivity (Wildman–Crippen MR) is 64.7 cm³/mol. The molecule has 0 aliphatic rings. The first-order chi connectivity index (χ1) is 8.15. The van der Waals surface area contributed by atoms with Crippen molar-refractivity contribution in [2.45, 2.75) is 19.8 Å². The van der Waals surface area contributed by atoms with Crippen molar-refractivity contribution >= 4 is 11.9 Å². The van der Waals surface area contributed by atoms with Gasteiger partial charge in [0.25, 0.3) is 0 Å². The van der Waals surface area contributed by atoms with E-state index in [1.807, 2.05) is 13.0 Å². The molecule has 4 heteroatoms. The molecule has 1 aromatic carbocycles. The van der Waals surface area contributed by atoms with Gasteiger partial charge in [-0.3, -0.25) is 4.79 Å². The highest BCUT2D eigenvalue weighted by molar-refractivity contribution is 5.89. The van der Waals surface area contributed by atoms with Crippen LogP contribution in [0.2, 0.25) is 0 Å². The Morgan fingerprint density at radius 3 is 2.00 bits per heavy atom. The van der Waals surface area contributed by atoms with Gasteiger partial charge in [0.1, 0.15) is 0 Å². The Hall–Kier alpha value is -1.84. The Morgan fingerprint density at radius 2 is 1.65 bits per heavy atom. The zero-order chi connectivity index (χ0) is 13.1. The Bertz CT molecular complexity index is 333. The lowest BCUT2D eigenvalue weighted by molar-refractivity contribution is -0.140. The quantitative estimate of drug-likeness (QED) is 0.759. The number of carbonyl (C=O) groups is 2. The maximum absolute atomic E-state index is 10.8. The fraction of sp³-hybridized carbons (Fsp3) is 0.385. The van der Waals surface area contributed by atoms with Crippen LogP contribution >= 0.6 is 0 Å². The van der Waals surface area contributed by atoms with E-state index >= 15 is 0 Å². The number of esters is 2. The van der Waals surface area contributed by atoms with Crippen LogP contribution < -0.4 is 0 Å². The van der Waals surface area contributed by atoms with Gasteiger partial charge < -0.3 is 9.47 Å². The predicted octanol–water partition coefficient (Wildman–Crippen LogP) is 2.43. The summed E-state index contributed by atoms with van der Waals surface area (Å²) >= 11 is 0. The van der Waals surface area contributed by atoms with Crippen LogP contribution in [0.4, 0.5) is 0 Å². The van der Waals surface area contributed by atoms with Crippen molar-refractivity contribution in [1.82, 2.24) is 0 Å². The van der Waals surface area contributed by atoms with Crippen molar-refractivity contribution in [2.24, 2.45) is 0 Å². The molecule has 0 aliphatic carbocycles. The molecule has 0 unspecified atom stereocenters. The maximum Gasteiger partial charge on any atom is 0.337 e. The molecule has 1 aromatic rings. The first-order valence-corrected chi connectivity index (χ1v) is 5.35. The summed E-state index contributed by atoms with van der Waals surface area (Å²) < 4.78 is 8.85. The standard InChI is InChI=1S/C8H8O2.C5H10O2/c1-10-8(9)7-5-3-2-4-6-7;1-3-4-5(6)7-2/h2-6H,1H3;3-4H2,1-2H3. The van der Waals surface area contributed by atoms with Gasteiger partial charge in [-0.25, -0.2) is 4.79 Å². The van der Waals surface area contributed by atoms with Gasteiger partial charge in [-0.05, 0) is 18.6 Å². The summed E-state index contributed by atoms with van der Waals surface area (Å²) in [6, 6.07) is 8.88. The molecule has 0 spiro atoms. The van der Waals surface area contributed by atoms with E-state index in [1.165, 1.54) is 14.2 Å². The largest absolute Gasteiger partial charge is 0.469 e. The van der Waals surface area contributed by atoms with E-state index in [9.17, 15) is 9.59 Å². The van der Waals surface area contributed by atoms with Gasteiger partial charge in [-0.15, -0.1) is 0 Å². The second-order valence-corrected chi connectivity index (χ2v) is 3.18. The Balaban J connectivity index is 0.000000325. The lowest BCUT2D eigenvalue weighted by Gasteiger charge is -1.95. The monoisotopic (exact) mass is 238 g/mol. The number of benzene rings is 1. The van der Waals surface area contributed by atoms with Crippen LogP contribution in [0.5, 0.6) is 0 Å². The smallest absolute Gasteiger partial charge is 0.337 e. The molecule has 0 heterocycles. The van der Waals surface area contributed by atoms with E-state index in [0.717, 1.165) is 6.42 Å². The Labute approximate surface area is 102 Å². The molecular formula is C13H18O4. The summed E-state index contributed by atoms with van der Waals surface area (Å²) in [6.45, 7) is 1.94. The fourth-order valence-electron chi connectivity index (χ4n) is 0.998. The molecule has 0 saturated heterocycles. The van der Waals surface area contributed by atoms with Crippen LogP contribution in [0.3, 0.4) is 0 Å². The molecule has 0 saturated carbocycles. The van der Waals surface area contributed by atoms with E-state index in [2.05, 4.69) is 9.47 Å². The van der Waals surface area contributed by atoms with E-state index < -0.39 is 0 Å². The van der Waals surface area contributed by atoms with Crippen molar-refractivity contribution in [3.63, 3.8) is 0 Å². The van der Waals surface area contributed by atoms with Crippen molar-refractivity contribution < 1.29 is 19.1 Å². The van der Waals surface area contributed by atoms with Crippen molar-refractivity contribution in [3.8, 4) is 0 Å². The minimum Gasteiger partial charge on any atom is -0.469 e. The molecular weight excluding hydrogens is 220 g/mol. The molecule has 0 atom stereocenters. The molecule has 0 fully saturated rings. The van der Waals surface area contributed by atoms with Gasteiger partial charge in [0.15, 0.2) is 0 Å². The third-order valence-electron chi connectivity index (χ3n) is 1.88. The number of ether oxygens (including phenoxy) is 2. The van der Waals surface area contributed by atoms with Crippen LogP contribution in [0.25, 0.3) is 0 Å². The third kappa shape index (κ3) is 7.11. The summed E-state index contributed by atoms with van der Waals surface area (Å²) in [5, 5.41) is 0. The van der Waals surface area contributed by atoms with Gasteiger partial charge in [0.2, 0.25) is 0 Å². The zero-order valence-electron chi connectivity index (χ0n) is 10.4. The van der Waals surface area contributed by atoms with Crippen molar-refractivity contribution in [1.29, 1.82) is 0 Å². The number of rotatable bonds is 3. The van der Waals surface area contributed by atoms with E-state index in [4.69, 9.17) is 0 Å². The van der Waals surface area contributed by atoms with E-state index in [-0.39, 0.29) is 11.9 Å². The highest BCUT2D eigenvalue weighted by atomic mass is 16.5. The van der Waals surface area contributed by atoms with Crippen molar-refractivity contribution in [2.75, 3.05) is 14.2 Å². The molecule has 0 N–H and O–H groups in total. The number of methoxy groups -OCH3 is 2. The van der Waals surface area contributed by atoms with Gasteiger partial charge >= 0.3 is 11.9 Å². The lowest BCUT2D eigenvalue weighted by Crippen LogP contribution is -1.99. The normalized spacial score (nSPS) is 8.65. The highest BCUT2D eigenvalue weighted by Crippen LogP contribution is 1.98. The molecule has 0 aliphatic heterocycles. The van der Waals surface area contributed by atoms with Crippen LogP contribution in [-0.2, 0) is 14.3 Å². The summed E-state index contributed by atoms with van der Waals surface area (Å²) in [5.74, 6) is -0.414. The third-order valence-corrected chi connectivity index (χ3v) is 1.88. The van der Waals surface area contributed by atoms with Gasteiger partial charge in [-0.1, -0.05) is 25.1 Å². The first kappa shape index (κ1) is 15.2. The second-order valence-electron chi connectivity index (χ2n) is 3.18. The lowest BCUT2D eigenvalue weighted by atomic mass is 10.2. The van der Waals surface area contributed by atoms with Crippen LogP contribution in [0, 0.1) is 0 Å². The fourth-order valence-corrected chi connectivity index (χ4v) is 0.998. The van der Waals surface area contributed by atoms with Crippen molar-refractivity contribution in [3.05, 3.63) is 35.9 Å². The number of hydrogen-bond donors (Lipinski definition) is 0. The summed E-state index contributed by atoms with van der Waals surface area (Å²) in [7, 11) is 2.77. The second kappa shape index (κ2) is 9.39. The van der Waals surface area contributed by atoms with Gasteiger partial charge in [0, 0.05) is 6.42 Å². The molecule has 4 nitrogen and oxygen atoms in total. The average Bonchev–Trinajstić information content (AvgIpc) is 2.39. The number of hydrogen-bond acceptors (Lipinski definition) is 4. The molecule has 0 bridgehead atoms. The van der Waals surface area contributed by atoms with Crippen LogP contribution in [0.15, 0.2) is 30.3 Å². The van der Waals surface area contributed by atoms with Crippen LogP contribution in [-0.4, -0.2) is 26.2 Å². The highest BCUT2D eigenvalue weighted by Gasteiger charge is 2.00. The number of carbonyl (C=O) groups excluding carboxylic acids is 2. The minimum atomic E-state index is -0.291. The van der Waals surface area contributed by atoms with E-state index in [1.54, 1.807) is 24.3 Å². The molecule has 1 rings (SSSR count). The Kier molecular flexibility index (Phi) is 8.37. The zero-order valence-corrected chi connectivity index (χ0v) is 10.4. The topological polar surface area (TPSA) is 52.6 Å².